The van der Waals surface area contributed by atoms with E-state index in [2.05, 4.69) is 10.4 Å². The molecule has 0 aliphatic carbocycles. The molecular formula is C26H23F4N5O4. The van der Waals surface area contributed by atoms with E-state index in [-0.39, 0.29) is 49.3 Å². The molecule has 39 heavy (non-hydrogen) atoms. The first-order valence-electron chi connectivity index (χ1n) is 12.0. The molecule has 13 heteroatoms. The Kier molecular flexibility index (Phi) is 6.74. The number of carbonyl (C=O) groups excluding carboxylic acids is 3. The molecule has 1 unspecified atom stereocenters. The number of benzene rings is 2. The zero-order valence-corrected chi connectivity index (χ0v) is 20.9. The molecule has 3 aromatic rings. The second-order valence-electron chi connectivity index (χ2n) is 9.45. The Labute approximate surface area is 219 Å². The molecule has 204 valence electrons. The summed E-state index contributed by atoms with van der Waals surface area (Å²) in [6.07, 6.45) is 1.52. The monoisotopic (exact) mass is 545 g/mol. The van der Waals surface area contributed by atoms with Crippen molar-refractivity contribution in [2.45, 2.75) is 38.4 Å². The van der Waals surface area contributed by atoms with Crippen LogP contribution in [0.3, 0.4) is 0 Å². The predicted octanol–water partition coefficient (Wildman–Crippen LogP) is 4.18. The highest BCUT2D eigenvalue weighted by atomic mass is 19.2. The van der Waals surface area contributed by atoms with Gasteiger partial charge in [-0.2, -0.15) is 5.10 Å². The van der Waals surface area contributed by atoms with Crippen molar-refractivity contribution in [2.75, 3.05) is 23.9 Å². The molecule has 0 bridgehead atoms. The summed E-state index contributed by atoms with van der Waals surface area (Å²) in [5, 5.41) is 6.74. The predicted molar refractivity (Wildman–Crippen MR) is 130 cm³/mol. The minimum Gasteiger partial charge on any atom is -0.465 e. The molecule has 0 spiro atoms. The summed E-state index contributed by atoms with van der Waals surface area (Å²) < 4.78 is 61.1. The molecule has 2 aromatic carbocycles. The largest absolute Gasteiger partial charge is 0.465 e. The maximum atomic E-state index is 14.1. The van der Waals surface area contributed by atoms with Crippen molar-refractivity contribution in [2.24, 2.45) is 0 Å². The lowest BCUT2D eigenvalue weighted by molar-refractivity contribution is -0.117. The third kappa shape index (κ3) is 4.79. The van der Waals surface area contributed by atoms with E-state index in [9.17, 15) is 31.9 Å². The lowest BCUT2D eigenvalue weighted by Gasteiger charge is -2.35. The number of halogens is 4. The zero-order valence-electron chi connectivity index (χ0n) is 20.9. The molecule has 3 heterocycles. The first-order chi connectivity index (χ1) is 18.6. The van der Waals surface area contributed by atoms with Crippen LogP contribution in [0.1, 0.15) is 40.9 Å². The van der Waals surface area contributed by atoms with Gasteiger partial charge in [0.15, 0.2) is 17.5 Å². The number of nitrogens with one attached hydrogen (secondary N) is 1. The number of hydrogen-bond acceptors (Lipinski definition) is 5. The highest BCUT2D eigenvalue weighted by Crippen LogP contribution is 2.37. The van der Waals surface area contributed by atoms with Crippen LogP contribution in [0.15, 0.2) is 36.5 Å². The summed E-state index contributed by atoms with van der Waals surface area (Å²) in [6, 6.07) is 3.99. The Balaban J connectivity index is 1.38. The molecule has 2 aliphatic heterocycles. The SMILES string of the molecule is COC(=O)c1ccc(F)cc1C1CC(=O)N(c2cnn3c2CN(C(=O)Nc2cc(F)c(F)c(F)c2)[C@@H](C)C3)C1. The van der Waals surface area contributed by atoms with E-state index >= 15 is 0 Å². The average molecular weight is 545 g/mol. The minimum atomic E-state index is -1.64. The van der Waals surface area contributed by atoms with Crippen molar-refractivity contribution in [1.82, 2.24) is 14.7 Å². The standard InChI is InChI=1S/C26H23F4N5O4/c1-13-10-35-22(12-33(13)26(38)32-16-7-19(28)24(30)20(29)8-16)21(9-31-35)34-11-14(5-23(34)36)18-6-15(27)3-4-17(18)25(37)39-2/h3-4,6-9,13-14H,5,10-12H2,1-2H3,(H,32,38)/t13-,14?/m0/s1. The topological polar surface area (TPSA) is 96.8 Å². The van der Waals surface area contributed by atoms with Crippen LogP contribution in [0.2, 0.25) is 0 Å². The van der Waals surface area contributed by atoms with Gasteiger partial charge in [0.05, 0.1) is 49.4 Å². The van der Waals surface area contributed by atoms with Gasteiger partial charge in [0.1, 0.15) is 5.82 Å². The molecule has 0 saturated carbocycles. The van der Waals surface area contributed by atoms with Crippen LogP contribution >= 0.6 is 0 Å². The molecule has 2 atom stereocenters. The van der Waals surface area contributed by atoms with E-state index in [1.54, 1.807) is 11.6 Å². The van der Waals surface area contributed by atoms with Crippen LogP contribution in [0, 0.1) is 23.3 Å². The van der Waals surface area contributed by atoms with Crippen molar-refractivity contribution in [3.63, 3.8) is 0 Å². The Bertz CT molecular complexity index is 1470. The summed E-state index contributed by atoms with van der Waals surface area (Å²) >= 11 is 0. The van der Waals surface area contributed by atoms with Gasteiger partial charge >= 0.3 is 12.0 Å². The van der Waals surface area contributed by atoms with E-state index in [0.717, 1.165) is 6.07 Å². The summed E-state index contributed by atoms with van der Waals surface area (Å²) in [5.74, 6) is -6.48. The summed E-state index contributed by atoms with van der Waals surface area (Å²) in [7, 11) is 1.21. The average Bonchev–Trinajstić information content (AvgIpc) is 3.48. The van der Waals surface area contributed by atoms with Crippen LogP contribution in [0.5, 0.6) is 0 Å². The number of hydrogen-bond donors (Lipinski definition) is 1. The van der Waals surface area contributed by atoms with Crippen LogP contribution < -0.4 is 10.2 Å². The molecule has 1 N–H and O–H groups in total. The van der Waals surface area contributed by atoms with Gasteiger partial charge in [-0.05, 0) is 30.7 Å². The highest BCUT2D eigenvalue weighted by Gasteiger charge is 2.38. The van der Waals surface area contributed by atoms with Crippen LogP contribution in [-0.4, -0.2) is 52.3 Å². The van der Waals surface area contributed by atoms with Gasteiger partial charge in [-0.15, -0.1) is 0 Å². The fourth-order valence-corrected chi connectivity index (χ4v) is 5.02. The number of urea groups is 1. The van der Waals surface area contributed by atoms with E-state index in [4.69, 9.17) is 4.74 Å². The fraction of sp³-hybridized carbons (Fsp3) is 0.308. The Hall–Kier alpha value is -4.42. The molecule has 5 rings (SSSR count). The number of nitrogens with zero attached hydrogens (tertiary/aromatic N) is 4. The molecule has 1 aromatic heterocycles. The van der Waals surface area contributed by atoms with E-state index in [0.29, 0.717) is 29.1 Å². The Morgan fingerprint density at radius 1 is 1.08 bits per heavy atom. The molecule has 1 saturated heterocycles. The minimum absolute atomic E-state index is 0.0102. The van der Waals surface area contributed by atoms with Crippen molar-refractivity contribution >= 4 is 29.3 Å². The maximum absolute atomic E-state index is 14.1. The smallest absolute Gasteiger partial charge is 0.338 e. The summed E-state index contributed by atoms with van der Waals surface area (Å²) in [5.41, 5.74) is 1.26. The van der Waals surface area contributed by atoms with Crippen LogP contribution in [0.4, 0.5) is 33.7 Å². The molecule has 9 nitrogen and oxygen atoms in total. The molecule has 0 radical (unpaired) electrons. The van der Waals surface area contributed by atoms with Crippen molar-refractivity contribution in [1.29, 1.82) is 0 Å². The van der Waals surface area contributed by atoms with Crippen LogP contribution in [0.25, 0.3) is 0 Å². The number of amides is 3. The number of methoxy groups -OCH3 is 1. The van der Waals surface area contributed by atoms with Gasteiger partial charge in [-0.25, -0.2) is 27.2 Å². The van der Waals surface area contributed by atoms with E-state index in [1.165, 1.54) is 35.2 Å². The number of fused-ring (bicyclic) bond motifs is 1. The number of anilines is 2. The van der Waals surface area contributed by atoms with Gasteiger partial charge in [0, 0.05) is 36.7 Å². The summed E-state index contributed by atoms with van der Waals surface area (Å²) in [4.78, 5) is 41.2. The second-order valence-corrected chi connectivity index (χ2v) is 9.45. The Morgan fingerprint density at radius 3 is 2.49 bits per heavy atom. The quantitative estimate of drug-likeness (QED) is 0.302. The van der Waals surface area contributed by atoms with Gasteiger partial charge in [-0.1, -0.05) is 0 Å². The van der Waals surface area contributed by atoms with Gasteiger partial charge in [-0.3, -0.25) is 9.48 Å². The molecular weight excluding hydrogens is 522 g/mol. The van der Waals surface area contributed by atoms with E-state index < -0.39 is 41.2 Å². The van der Waals surface area contributed by atoms with Crippen molar-refractivity contribution < 1.29 is 36.7 Å². The number of ether oxygens (including phenoxy) is 1. The third-order valence-electron chi connectivity index (χ3n) is 6.99. The Morgan fingerprint density at radius 2 is 1.79 bits per heavy atom. The molecule has 3 amide bonds. The van der Waals surface area contributed by atoms with Gasteiger partial charge in [0.25, 0.3) is 0 Å². The molecule has 2 aliphatic rings. The molecule has 1 fully saturated rings. The lowest BCUT2D eigenvalue weighted by atomic mass is 9.93. The van der Waals surface area contributed by atoms with Crippen molar-refractivity contribution in [3.05, 3.63) is 76.6 Å². The number of rotatable bonds is 4. The lowest BCUT2D eigenvalue weighted by Crippen LogP contribution is -2.47. The van der Waals surface area contributed by atoms with Gasteiger partial charge in [0.2, 0.25) is 5.91 Å². The number of carbonyl (C=O) groups is 3. The third-order valence-corrected chi connectivity index (χ3v) is 6.99. The van der Waals surface area contributed by atoms with E-state index in [1.807, 2.05) is 0 Å². The van der Waals surface area contributed by atoms with Gasteiger partial charge < -0.3 is 19.9 Å². The highest BCUT2D eigenvalue weighted by molar-refractivity contribution is 5.98. The normalized spacial score (nSPS) is 18.8. The second kappa shape index (κ2) is 10.0. The summed E-state index contributed by atoms with van der Waals surface area (Å²) in [6.45, 7) is 2.18. The number of aromatic nitrogens is 2. The van der Waals surface area contributed by atoms with Crippen LogP contribution in [-0.2, 0) is 22.6 Å². The zero-order chi connectivity index (χ0) is 28.0. The first kappa shape index (κ1) is 26.2. The fourth-order valence-electron chi connectivity index (χ4n) is 5.02. The first-order valence-corrected chi connectivity index (χ1v) is 12.0. The van der Waals surface area contributed by atoms with Crippen molar-refractivity contribution in [3.8, 4) is 0 Å². The maximum Gasteiger partial charge on any atom is 0.338 e. The number of esters is 1.